The van der Waals surface area contributed by atoms with Crippen LogP contribution in [0.1, 0.15) is 76.6 Å². The van der Waals surface area contributed by atoms with Gasteiger partial charge in [-0.05, 0) is 101 Å². The Morgan fingerprint density at radius 3 is 2.24 bits per heavy atom. The van der Waals surface area contributed by atoms with Crippen LogP contribution in [0, 0.1) is 13.8 Å². The molecule has 1 atom stereocenters. The number of pyridine rings is 1. The number of aryl methyl sites for hydroxylation is 2. The molecule has 0 unspecified atom stereocenters. The van der Waals surface area contributed by atoms with Crippen molar-refractivity contribution >= 4 is 16.8 Å². The molecule has 54 heavy (non-hydrogen) atoms. The van der Waals surface area contributed by atoms with Crippen molar-refractivity contribution in [3.05, 3.63) is 107 Å². The van der Waals surface area contributed by atoms with E-state index in [9.17, 15) is 31.1 Å². The Labute approximate surface area is 309 Å². The van der Waals surface area contributed by atoms with Gasteiger partial charge in [-0.25, -0.2) is 4.98 Å². The average molecular weight is 750 g/mol. The number of aromatic nitrogens is 2. The number of hydrogen-bond acceptors (Lipinski definition) is 6. The fourth-order valence-corrected chi connectivity index (χ4v) is 8.00. The lowest BCUT2D eigenvalue weighted by Crippen LogP contribution is -2.46. The lowest BCUT2D eigenvalue weighted by molar-refractivity contribution is -0.155. The molecular weight excluding hydrogens is 708 g/mol. The molecule has 0 radical (unpaired) electrons. The zero-order valence-electron chi connectivity index (χ0n) is 30.0. The van der Waals surface area contributed by atoms with E-state index in [2.05, 4.69) is 20.3 Å². The van der Waals surface area contributed by atoms with Crippen LogP contribution >= 0.6 is 0 Å². The highest BCUT2D eigenvalue weighted by Gasteiger charge is 2.43. The van der Waals surface area contributed by atoms with Crippen molar-refractivity contribution < 1.29 is 35.7 Å². The van der Waals surface area contributed by atoms with Crippen molar-refractivity contribution in [3.8, 4) is 22.4 Å². The first-order chi connectivity index (χ1) is 25.8. The maximum atomic E-state index is 14.7. The summed E-state index contributed by atoms with van der Waals surface area (Å²) in [5, 5.41) is 6.58. The van der Waals surface area contributed by atoms with E-state index in [0.717, 1.165) is 50.9 Å². The maximum Gasteiger partial charge on any atom is 0.416 e. The number of alkyl halides is 6. The number of hydrogen-bond donors (Lipinski definition) is 1. The fourth-order valence-electron chi connectivity index (χ4n) is 8.00. The molecule has 3 aromatic carbocycles. The Kier molecular flexibility index (Phi) is 10.6. The first kappa shape index (κ1) is 37.6. The molecule has 2 aliphatic heterocycles. The highest BCUT2D eigenvalue weighted by atomic mass is 19.4. The summed E-state index contributed by atoms with van der Waals surface area (Å²) in [7, 11) is 0. The Hall–Kier alpha value is -4.75. The van der Waals surface area contributed by atoms with Crippen LogP contribution in [0.25, 0.3) is 33.3 Å². The average Bonchev–Trinajstić information content (AvgIpc) is 3.50. The first-order valence-electron chi connectivity index (χ1n) is 18.2. The predicted octanol–water partition coefficient (Wildman–Crippen LogP) is 9.68. The van der Waals surface area contributed by atoms with Gasteiger partial charge in [0.1, 0.15) is 5.76 Å². The topological polar surface area (TPSA) is 74.5 Å². The van der Waals surface area contributed by atoms with Crippen LogP contribution in [0.3, 0.4) is 0 Å². The number of piperidine rings is 2. The van der Waals surface area contributed by atoms with Gasteiger partial charge in [-0.3, -0.25) is 9.69 Å². The molecule has 2 saturated heterocycles. The molecule has 0 bridgehead atoms. The maximum absolute atomic E-state index is 14.7. The van der Waals surface area contributed by atoms with Crippen LogP contribution in [-0.4, -0.2) is 64.2 Å². The fraction of sp³-hybridized carbons (Fsp3) is 0.390. The van der Waals surface area contributed by atoms with Gasteiger partial charge < -0.3 is 14.7 Å². The molecular formula is C41H41F6N5O2. The molecule has 13 heteroatoms. The summed E-state index contributed by atoms with van der Waals surface area (Å²) in [6.07, 6.45) is -4.31. The Morgan fingerprint density at radius 2 is 1.59 bits per heavy atom. The van der Waals surface area contributed by atoms with Crippen molar-refractivity contribution in [2.75, 3.05) is 26.2 Å². The van der Waals surface area contributed by atoms with Crippen molar-refractivity contribution in [2.45, 2.75) is 76.9 Å². The van der Waals surface area contributed by atoms with Gasteiger partial charge in [0.25, 0.3) is 5.91 Å². The van der Waals surface area contributed by atoms with Gasteiger partial charge in [-0.2, -0.15) is 26.3 Å². The summed E-state index contributed by atoms with van der Waals surface area (Å²) >= 11 is 0. The Morgan fingerprint density at radius 1 is 0.870 bits per heavy atom. The van der Waals surface area contributed by atoms with E-state index in [4.69, 9.17) is 9.51 Å². The van der Waals surface area contributed by atoms with Gasteiger partial charge in [0.05, 0.1) is 28.0 Å². The standard InChI is InChI=1S/C41H41F6N5O2/c1-25-35(26(2)54-50-25)28-14-15-34-32(23-28)36(39(53)49-38(41(45,46)47)27-10-5-3-6-11-27)33(37(48-34)29-12-9-13-30(22-29)40(42,43)44)24-51-20-16-31(17-21-51)52-18-7-4-8-19-52/h3,5-6,9-15,22-23,31,38H,4,7-8,16-21,24H2,1-2H3,(H,49,53)/t38-/m1/s1. The third kappa shape index (κ3) is 7.88. The number of halogens is 6. The van der Waals surface area contributed by atoms with E-state index in [1.54, 1.807) is 38.1 Å². The number of carbonyl (C=O) groups is 1. The number of nitrogens with zero attached hydrogens (tertiary/aromatic N) is 4. The zero-order valence-corrected chi connectivity index (χ0v) is 30.0. The second-order valence-corrected chi connectivity index (χ2v) is 14.3. The van der Waals surface area contributed by atoms with Gasteiger partial charge in [0, 0.05) is 34.7 Å². The molecule has 5 aromatic rings. The molecule has 4 heterocycles. The zero-order chi connectivity index (χ0) is 38.2. The minimum atomic E-state index is -4.86. The van der Waals surface area contributed by atoms with Crippen LogP contribution in [-0.2, 0) is 12.7 Å². The first-order valence-corrected chi connectivity index (χ1v) is 18.2. The number of rotatable bonds is 8. The Bertz CT molecular complexity index is 2100. The highest BCUT2D eigenvalue weighted by Crippen LogP contribution is 2.39. The molecule has 2 aromatic heterocycles. The van der Waals surface area contributed by atoms with E-state index >= 15 is 0 Å². The highest BCUT2D eigenvalue weighted by molar-refractivity contribution is 6.10. The van der Waals surface area contributed by atoms with Crippen LogP contribution in [0.5, 0.6) is 0 Å². The third-order valence-corrected chi connectivity index (χ3v) is 10.7. The normalized spacial score (nSPS) is 17.2. The van der Waals surface area contributed by atoms with Crippen LogP contribution in [0.4, 0.5) is 26.3 Å². The van der Waals surface area contributed by atoms with Gasteiger partial charge >= 0.3 is 12.4 Å². The number of likely N-dealkylation sites (tertiary alicyclic amines) is 2. The summed E-state index contributed by atoms with van der Waals surface area (Å²) in [4.78, 5) is 24.2. The molecule has 284 valence electrons. The summed E-state index contributed by atoms with van der Waals surface area (Å²) in [5.74, 6) is -0.514. The number of fused-ring (bicyclic) bond motifs is 1. The molecule has 0 spiro atoms. The largest absolute Gasteiger partial charge is 0.416 e. The summed E-state index contributed by atoms with van der Waals surface area (Å²) < 4.78 is 91.8. The molecule has 1 N–H and O–H groups in total. The predicted molar refractivity (Wildman–Crippen MR) is 194 cm³/mol. The second-order valence-electron chi connectivity index (χ2n) is 14.3. The third-order valence-electron chi connectivity index (χ3n) is 10.7. The van der Waals surface area contributed by atoms with Gasteiger partial charge in [0.15, 0.2) is 6.04 Å². The van der Waals surface area contributed by atoms with Crippen molar-refractivity contribution in [1.29, 1.82) is 0 Å². The number of amides is 1. The van der Waals surface area contributed by atoms with Gasteiger partial charge in [-0.15, -0.1) is 0 Å². The quantitative estimate of drug-likeness (QED) is 0.159. The molecule has 1 amide bonds. The molecule has 7 nitrogen and oxygen atoms in total. The molecule has 2 fully saturated rings. The number of nitrogens with one attached hydrogen (secondary N) is 1. The van der Waals surface area contributed by atoms with Crippen LogP contribution < -0.4 is 5.32 Å². The van der Waals surface area contributed by atoms with E-state index in [1.807, 2.05) is 0 Å². The molecule has 0 saturated carbocycles. The summed E-state index contributed by atoms with van der Waals surface area (Å²) in [6.45, 7) is 6.92. The van der Waals surface area contributed by atoms with Crippen LogP contribution in [0.15, 0.2) is 77.3 Å². The van der Waals surface area contributed by atoms with Crippen molar-refractivity contribution in [2.24, 2.45) is 0 Å². The van der Waals surface area contributed by atoms with Crippen LogP contribution in [0.2, 0.25) is 0 Å². The van der Waals surface area contributed by atoms with Gasteiger partial charge in [-0.1, -0.05) is 60.1 Å². The van der Waals surface area contributed by atoms with E-state index < -0.39 is 29.9 Å². The molecule has 0 aliphatic carbocycles. The Balaban J connectivity index is 1.41. The van der Waals surface area contributed by atoms with E-state index in [-0.39, 0.29) is 45.4 Å². The van der Waals surface area contributed by atoms with E-state index in [1.165, 1.54) is 42.8 Å². The monoisotopic (exact) mass is 749 g/mol. The minimum Gasteiger partial charge on any atom is -0.361 e. The molecule has 2 aliphatic rings. The van der Waals surface area contributed by atoms with Crippen molar-refractivity contribution in [1.82, 2.24) is 25.3 Å². The smallest absolute Gasteiger partial charge is 0.361 e. The number of carbonyl (C=O) groups excluding carboxylic acids is 1. The lowest BCUT2D eigenvalue weighted by Gasteiger charge is -2.40. The SMILES string of the molecule is Cc1noc(C)c1-c1ccc2nc(-c3cccc(C(F)(F)F)c3)c(CN3CCC(N4CCCCC4)CC3)c(C(=O)N[C@H](c3ccccc3)C(F)(F)F)c2c1. The minimum absolute atomic E-state index is 0.0793. The van der Waals surface area contributed by atoms with Gasteiger partial charge in [0.2, 0.25) is 0 Å². The number of benzene rings is 3. The second kappa shape index (κ2) is 15.2. The lowest BCUT2D eigenvalue weighted by atomic mass is 9.91. The van der Waals surface area contributed by atoms with Crippen molar-refractivity contribution in [3.63, 3.8) is 0 Å². The molecule has 7 rings (SSSR count). The summed E-state index contributed by atoms with van der Waals surface area (Å²) in [6, 6.07) is 14.8. The van der Waals surface area contributed by atoms with E-state index in [0.29, 0.717) is 41.7 Å². The summed E-state index contributed by atoms with van der Waals surface area (Å²) in [5.41, 5.74) is 1.38.